The minimum Gasteiger partial charge on any atom is -0.508 e. The maximum absolute atomic E-state index is 9.59. The molecular weight excluding hydrogens is 208 g/mol. The van der Waals surface area contributed by atoms with E-state index in [4.69, 9.17) is 0 Å². The first-order valence-corrected chi connectivity index (χ1v) is 6.79. The van der Waals surface area contributed by atoms with E-state index in [2.05, 4.69) is 20.8 Å². The van der Waals surface area contributed by atoms with E-state index in [9.17, 15) is 5.11 Å². The van der Waals surface area contributed by atoms with Crippen molar-refractivity contribution in [3.8, 4) is 5.75 Å². The van der Waals surface area contributed by atoms with Crippen LogP contribution in [0.5, 0.6) is 5.75 Å². The summed E-state index contributed by atoms with van der Waals surface area (Å²) in [5, 5.41) is 9.59. The highest BCUT2D eigenvalue weighted by atomic mass is 16.3. The van der Waals surface area contributed by atoms with Crippen molar-refractivity contribution in [2.24, 2.45) is 5.41 Å². The third-order valence-electron chi connectivity index (χ3n) is 4.35. The zero-order chi connectivity index (χ0) is 12.5. The van der Waals surface area contributed by atoms with Crippen LogP contribution in [0.15, 0.2) is 12.1 Å². The topological polar surface area (TPSA) is 20.2 Å². The van der Waals surface area contributed by atoms with Gasteiger partial charge >= 0.3 is 0 Å². The first kappa shape index (κ1) is 12.5. The Hall–Kier alpha value is -0.980. The number of rotatable bonds is 2. The van der Waals surface area contributed by atoms with E-state index >= 15 is 0 Å². The summed E-state index contributed by atoms with van der Waals surface area (Å²) in [5.74, 6) is 0.401. The highest BCUT2D eigenvalue weighted by Gasteiger charge is 2.28. The smallest absolute Gasteiger partial charge is 0.116 e. The van der Waals surface area contributed by atoms with Gasteiger partial charge in [0.1, 0.15) is 5.75 Å². The van der Waals surface area contributed by atoms with Crippen LogP contribution in [0.2, 0.25) is 0 Å². The lowest BCUT2D eigenvalue weighted by atomic mass is 9.71. The van der Waals surface area contributed by atoms with E-state index in [1.807, 2.05) is 12.1 Å². The van der Waals surface area contributed by atoms with Crippen molar-refractivity contribution in [2.45, 2.75) is 59.3 Å². The fourth-order valence-corrected chi connectivity index (χ4v) is 3.26. The van der Waals surface area contributed by atoms with Crippen LogP contribution in [0.4, 0.5) is 0 Å². The molecule has 1 saturated carbocycles. The molecule has 1 aliphatic rings. The van der Waals surface area contributed by atoms with Gasteiger partial charge in [-0.15, -0.1) is 0 Å². The largest absolute Gasteiger partial charge is 0.508 e. The van der Waals surface area contributed by atoms with Crippen molar-refractivity contribution in [3.63, 3.8) is 0 Å². The fraction of sp³-hybridized carbons (Fsp3) is 0.625. The van der Waals surface area contributed by atoms with Crippen LogP contribution in [0, 0.1) is 19.3 Å². The Labute approximate surface area is 105 Å². The van der Waals surface area contributed by atoms with Gasteiger partial charge in [0.05, 0.1) is 0 Å². The van der Waals surface area contributed by atoms with Gasteiger partial charge in [0.15, 0.2) is 0 Å². The molecule has 1 aliphatic carbocycles. The molecular formula is C16H24O. The maximum Gasteiger partial charge on any atom is 0.116 e. The first-order valence-electron chi connectivity index (χ1n) is 6.79. The summed E-state index contributed by atoms with van der Waals surface area (Å²) in [7, 11) is 0. The van der Waals surface area contributed by atoms with Crippen LogP contribution in [-0.4, -0.2) is 5.11 Å². The van der Waals surface area contributed by atoms with Gasteiger partial charge in [0.2, 0.25) is 0 Å². The lowest BCUT2D eigenvalue weighted by molar-refractivity contribution is 0.214. The maximum atomic E-state index is 9.59. The Balaban J connectivity index is 2.23. The van der Waals surface area contributed by atoms with E-state index < -0.39 is 0 Å². The molecule has 1 fully saturated rings. The molecule has 0 radical (unpaired) electrons. The summed E-state index contributed by atoms with van der Waals surface area (Å²) in [6.45, 7) is 6.67. The minimum atomic E-state index is 0.401. The molecule has 0 saturated heterocycles. The summed E-state index contributed by atoms with van der Waals surface area (Å²) in [5.41, 5.74) is 4.42. The molecule has 0 amide bonds. The van der Waals surface area contributed by atoms with Gasteiger partial charge in [0, 0.05) is 0 Å². The van der Waals surface area contributed by atoms with Gasteiger partial charge in [-0.1, -0.05) is 26.2 Å². The molecule has 0 spiro atoms. The SMILES string of the molecule is Cc1cc(O)cc(C)c1CC1(C)CCCCC1. The number of phenolic OH excluding ortho intramolecular Hbond substituents is 1. The van der Waals surface area contributed by atoms with Crippen molar-refractivity contribution in [1.29, 1.82) is 0 Å². The molecule has 0 unspecified atom stereocenters. The molecule has 0 aromatic heterocycles. The summed E-state index contributed by atoms with van der Waals surface area (Å²) >= 11 is 0. The second-order valence-electron chi connectivity index (χ2n) is 6.11. The Morgan fingerprint density at radius 3 is 2.12 bits per heavy atom. The lowest BCUT2D eigenvalue weighted by Gasteiger charge is -2.34. The molecule has 1 aromatic carbocycles. The second-order valence-corrected chi connectivity index (χ2v) is 6.11. The molecule has 17 heavy (non-hydrogen) atoms. The molecule has 2 rings (SSSR count). The zero-order valence-electron chi connectivity index (χ0n) is 11.3. The Kier molecular flexibility index (Phi) is 3.46. The van der Waals surface area contributed by atoms with E-state index in [1.165, 1.54) is 55.2 Å². The number of phenols is 1. The fourth-order valence-electron chi connectivity index (χ4n) is 3.26. The van der Waals surface area contributed by atoms with Crippen molar-refractivity contribution in [2.75, 3.05) is 0 Å². The van der Waals surface area contributed by atoms with Crippen molar-refractivity contribution in [1.82, 2.24) is 0 Å². The number of benzene rings is 1. The van der Waals surface area contributed by atoms with Gasteiger partial charge in [-0.2, -0.15) is 0 Å². The highest BCUT2D eigenvalue weighted by Crippen LogP contribution is 2.40. The van der Waals surface area contributed by atoms with Gasteiger partial charge < -0.3 is 5.11 Å². The minimum absolute atomic E-state index is 0.401. The van der Waals surface area contributed by atoms with Crippen LogP contribution in [0.1, 0.15) is 55.7 Å². The lowest BCUT2D eigenvalue weighted by Crippen LogP contribution is -2.23. The number of hydrogen-bond donors (Lipinski definition) is 1. The Morgan fingerprint density at radius 2 is 1.59 bits per heavy atom. The third-order valence-corrected chi connectivity index (χ3v) is 4.35. The highest BCUT2D eigenvalue weighted by molar-refractivity contribution is 5.41. The number of aromatic hydroxyl groups is 1. The van der Waals surface area contributed by atoms with Crippen LogP contribution < -0.4 is 0 Å². The van der Waals surface area contributed by atoms with Crippen LogP contribution in [0.25, 0.3) is 0 Å². The normalized spacial score (nSPS) is 19.2. The van der Waals surface area contributed by atoms with Crippen molar-refractivity contribution < 1.29 is 5.11 Å². The Morgan fingerprint density at radius 1 is 1.06 bits per heavy atom. The molecule has 1 N–H and O–H groups in total. The molecule has 0 bridgehead atoms. The summed E-state index contributed by atoms with van der Waals surface area (Å²) in [6, 6.07) is 3.79. The van der Waals surface area contributed by atoms with E-state index in [-0.39, 0.29) is 0 Å². The monoisotopic (exact) mass is 232 g/mol. The third kappa shape index (κ3) is 2.83. The first-order chi connectivity index (χ1) is 8.00. The van der Waals surface area contributed by atoms with Gasteiger partial charge in [0.25, 0.3) is 0 Å². The van der Waals surface area contributed by atoms with Crippen molar-refractivity contribution in [3.05, 3.63) is 28.8 Å². The van der Waals surface area contributed by atoms with E-state index in [1.54, 1.807) is 0 Å². The van der Waals surface area contributed by atoms with Crippen LogP contribution in [0.3, 0.4) is 0 Å². The molecule has 1 nitrogen and oxygen atoms in total. The predicted molar refractivity (Wildman–Crippen MR) is 72.5 cm³/mol. The summed E-state index contributed by atoms with van der Waals surface area (Å²) in [6.07, 6.45) is 8.05. The number of aryl methyl sites for hydroxylation is 2. The van der Waals surface area contributed by atoms with E-state index in [0.717, 1.165) is 0 Å². The molecule has 0 aliphatic heterocycles. The summed E-state index contributed by atoms with van der Waals surface area (Å²) in [4.78, 5) is 0. The van der Waals surface area contributed by atoms with Crippen LogP contribution >= 0.6 is 0 Å². The second kappa shape index (κ2) is 4.72. The average molecular weight is 232 g/mol. The van der Waals surface area contributed by atoms with Gasteiger partial charge in [-0.05, 0) is 67.3 Å². The summed E-state index contributed by atoms with van der Waals surface area (Å²) < 4.78 is 0. The van der Waals surface area contributed by atoms with Gasteiger partial charge in [-0.25, -0.2) is 0 Å². The molecule has 0 heterocycles. The van der Waals surface area contributed by atoms with Crippen molar-refractivity contribution >= 4 is 0 Å². The quantitative estimate of drug-likeness (QED) is 0.794. The average Bonchev–Trinajstić information content (AvgIpc) is 2.24. The molecule has 1 aromatic rings. The number of hydrogen-bond acceptors (Lipinski definition) is 1. The Bertz CT molecular complexity index is 377. The zero-order valence-corrected chi connectivity index (χ0v) is 11.3. The molecule has 0 atom stereocenters. The predicted octanol–water partition coefficient (Wildman–Crippen LogP) is 4.52. The standard InChI is InChI=1S/C16H24O/c1-12-9-14(17)10-13(2)15(12)11-16(3)7-5-4-6-8-16/h9-10,17H,4-8,11H2,1-3H3. The van der Waals surface area contributed by atoms with E-state index in [0.29, 0.717) is 11.2 Å². The van der Waals surface area contributed by atoms with Gasteiger partial charge in [-0.3, -0.25) is 0 Å². The molecule has 94 valence electrons. The molecule has 1 heteroatoms. The van der Waals surface area contributed by atoms with Crippen LogP contribution in [-0.2, 0) is 6.42 Å².